The number of nitrogens with zero attached hydrogens (tertiary/aromatic N) is 3. The second kappa shape index (κ2) is 4.67. The van der Waals surface area contributed by atoms with E-state index in [9.17, 15) is 14.4 Å². The lowest BCUT2D eigenvalue weighted by Gasteiger charge is -2.36. The first-order valence-corrected chi connectivity index (χ1v) is 7.11. The molecule has 0 radical (unpaired) electrons. The molecule has 0 unspecified atom stereocenters. The van der Waals surface area contributed by atoms with Gasteiger partial charge in [-0.25, -0.2) is 4.79 Å². The van der Waals surface area contributed by atoms with Crippen molar-refractivity contribution in [1.29, 1.82) is 0 Å². The van der Waals surface area contributed by atoms with Crippen molar-refractivity contribution >= 4 is 40.8 Å². The van der Waals surface area contributed by atoms with Crippen molar-refractivity contribution in [2.45, 2.75) is 18.4 Å². The number of piperidine rings is 1. The lowest BCUT2D eigenvalue weighted by Crippen LogP contribution is -2.55. The molecule has 4 amide bonds. The van der Waals surface area contributed by atoms with Gasteiger partial charge < -0.3 is 10.2 Å². The summed E-state index contributed by atoms with van der Waals surface area (Å²) < 4.78 is 0.212. The maximum Gasteiger partial charge on any atom is 0.322 e. The van der Waals surface area contributed by atoms with Crippen LogP contribution in [0.4, 0.5) is 4.79 Å². The maximum absolute atomic E-state index is 12.1. The minimum atomic E-state index is -0.882. The first-order chi connectivity index (χ1) is 9.50. The van der Waals surface area contributed by atoms with E-state index >= 15 is 0 Å². The number of carbonyl (C=O) groups excluding carboxylic acids is 3. The summed E-state index contributed by atoms with van der Waals surface area (Å²) in [6.07, 6.45) is 0.756. The maximum atomic E-state index is 12.1. The molecule has 0 aromatic carbocycles. The topological polar surface area (TPSA) is 104 Å². The summed E-state index contributed by atoms with van der Waals surface area (Å²) in [7, 11) is 0. The number of urea groups is 1. The Labute approximate surface area is 122 Å². The van der Waals surface area contributed by atoms with Gasteiger partial charge >= 0.3 is 6.03 Å². The molecular weight excluding hydrogens is 306 g/mol. The Morgan fingerprint density at radius 1 is 1.30 bits per heavy atom. The number of imide groups is 1. The minimum absolute atomic E-state index is 0.212. The molecule has 1 aromatic rings. The molecule has 20 heavy (non-hydrogen) atoms. The first kappa shape index (κ1) is 13.3. The second-order valence-electron chi connectivity index (χ2n) is 4.64. The molecule has 2 saturated heterocycles. The monoisotopic (exact) mass is 315 g/mol. The standard InChI is InChI=1S/C10H10ClN5O3S/c11-8-15-14-5(20-8)6(17)16-3-1-10(2-4-16)7(18)12-9(19)13-10/h1-4H2,(H2,12,13,18,19). The number of hydrogen-bond donors (Lipinski definition) is 2. The van der Waals surface area contributed by atoms with Crippen molar-refractivity contribution in [2.24, 2.45) is 0 Å². The average molecular weight is 316 g/mol. The molecule has 3 heterocycles. The summed E-state index contributed by atoms with van der Waals surface area (Å²) in [4.78, 5) is 36.7. The number of halogens is 1. The zero-order valence-corrected chi connectivity index (χ0v) is 11.8. The van der Waals surface area contributed by atoms with E-state index in [1.54, 1.807) is 4.90 Å². The van der Waals surface area contributed by atoms with Crippen molar-refractivity contribution in [3.63, 3.8) is 0 Å². The number of aromatic nitrogens is 2. The number of likely N-dealkylation sites (tertiary alicyclic amines) is 1. The van der Waals surface area contributed by atoms with Crippen LogP contribution in [0.2, 0.25) is 4.47 Å². The fourth-order valence-electron chi connectivity index (χ4n) is 2.40. The van der Waals surface area contributed by atoms with Gasteiger partial charge in [-0.3, -0.25) is 14.9 Å². The second-order valence-corrected chi connectivity index (χ2v) is 6.20. The largest absolute Gasteiger partial charge is 0.336 e. The molecule has 2 N–H and O–H groups in total. The van der Waals surface area contributed by atoms with Crippen LogP contribution in [-0.4, -0.2) is 51.6 Å². The van der Waals surface area contributed by atoms with Gasteiger partial charge in [-0.2, -0.15) is 0 Å². The van der Waals surface area contributed by atoms with E-state index < -0.39 is 11.6 Å². The molecule has 3 rings (SSSR count). The molecule has 1 spiro atoms. The van der Waals surface area contributed by atoms with Gasteiger partial charge in [0.1, 0.15) is 5.54 Å². The van der Waals surface area contributed by atoms with E-state index in [4.69, 9.17) is 11.6 Å². The van der Waals surface area contributed by atoms with Crippen LogP contribution in [0.1, 0.15) is 22.6 Å². The molecule has 106 valence electrons. The molecule has 8 nitrogen and oxygen atoms in total. The van der Waals surface area contributed by atoms with Gasteiger partial charge in [-0.05, 0) is 24.4 Å². The zero-order valence-electron chi connectivity index (χ0n) is 10.2. The van der Waals surface area contributed by atoms with Gasteiger partial charge in [0, 0.05) is 13.1 Å². The third-order valence-corrected chi connectivity index (χ3v) is 4.51. The number of amides is 4. The Balaban J connectivity index is 1.68. The minimum Gasteiger partial charge on any atom is -0.336 e. The summed E-state index contributed by atoms with van der Waals surface area (Å²) in [5, 5.41) is 12.4. The van der Waals surface area contributed by atoms with E-state index in [-0.39, 0.29) is 21.3 Å². The first-order valence-electron chi connectivity index (χ1n) is 5.92. The molecule has 0 atom stereocenters. The molecule has 10 heteroatoms. The summed E-state index contributed by atoms with van der Waals surface area (Å²) in [6.45, 7) is 0.730. The van der Waals surface area contributed by atoms with Crippen LogP contribution in [0.3, 0.4) is 0 Å². The highest BCUT2D eigenvalue weighted by Gasteiger charge is 2.48. The molecular formula is C10H10ClN5O3S. The van der Waals surface area contributed by atoms with Crippen molar-refractivity contribution in [3.8, 4) is 0 Å². The van der Waals surface area contributed by atoms with Crippen LogP contribution in [0.5, 0.6) is 0 Å². The summed E-state index contributed by atoms with van der Waals surface area (Å²) in [5.74, 6) is -0.581. The normalized spacial score (nSPS) is 20.9. The average Bonchev–Trinajstić information content (AvgIpc) is 2.95. The highest BCUT2D eigenvalue weighted by atomic mass is 35.5. The number of carbonyl (C=O) groups is 3. The Morgan fingerprint density at radius 2 is 2.00 bits per heavy atom. The summed E-state index contributed by atoms with van der Waals surface area (Å²) in [6, 6.07) is -0.481. The SMILES string of the molecule is O=C1NC(=O)C2(CCN(C(=O)c3nnc(Cl)s3)CC2)N1. The van der Waals surface area contributed by atoms with E-state index in [1.807, 2.05) is 0 Å². The number of hydrogen-bond acceptors (Lipinski definition) is 6. The molecule has 0 bridgehead atoms. The molecule has 2 aliphatic heterocycles. The number of nitrogens with one attached hydrogen (secondary N) is 2. The van der Waals surface area contributed by atoms with Gasteiger partial charge in [0.25, 0.3) is 11.8 Å². The lowest BCUT2D eigenvalue weighted by atomic mass is 9.88. The Kier molecular flexibility index (Phi) is 3.09. The van der Waals surface area contributed by atoms with Gasteiger partial charge in [0.15, 0.2) is 0 Å². The third-order valence-electron chi connectivity index (χ3n) is 3.50. The van der Waals surface area contributed by atoms with Crippen molar-refractivity contribution < 1.29 is 14.4 Å². The van der Waals surface area contributed by atoms with Crippen LogP contribution >= 0.6 is 22.9 Å². The molecule has 1 aromatic heterocycles. The van der Waals surface area contributed by atoms with E-state index in [0.29, 0.717) is 25.9 Å². The molecule has 0 aliphatic carbocycles. The fourth-order valence-corrected chi connectivity index (χ4v) is 3.19. The number of rotatable bonds is 1. The van der Waals surface area contributed by atoms with E-state index in [2.05, 4.69) is 20.8 Å². The molecule has 2 aliphatic rings. The smallest absolute Gasteiger partial charge is 0.322 e. The Hall–Kier alpha value is -1.74. The predicted molar refractivity (Wildman–Crippen MR) is 69.5 cm³/mol. The van der Waals surface area contributed by atoms with E-state index in [1.165, 1.54) is 0 Å². The highest BCUT2D eigenvalue weighted by molar-refractivity contribution is 7.17. The van der Waals surface area contributed by atoms with Crippen molar-refractivity contribution in [2.75, 3.05) is 13.1 Å². The van der Waals surface area contributed by atoms with Gasteiger partial charge in [-0.1, -0.05) is 11.3 Å². The lowest BCUT2D eigenvalue weighted by molar-refractivity contribution is -0.125. The van der Waals surface area contributed by atoms with Gasteiger partial charge in [-0.15, -0.1) is 10.2 Å². The Morgan fingerprint density at radius 3 is 2.50 bits per heavy atom. The zero-order chi connectivity index (χ0) is 14.3. The third kappa shape index (κ3) is 2.12. The van der Waals surface area contributed by atoms with Gasteiger partial charge in [0.05, 0.1) is 0 Å². The molecule has 2 fully saturated rings. The van der Waals surface area contributed by atoms with Crippen LogP contribution < -0.4 is 10.6 Å². The van der Waals surface area contributed by atoms with Crippen LogP contribution in [0.15, 0.2) is 0 Å². The van der Waals surface area contributed by atoms with Crippen LogP contribution in [-0.2, 0) is 4.79 Å². The predicted octanol–water partition coefficient (Wildman–Crippen LogP) is 0.00570. The van der Waals surface area contributed by atoms with Crippen molar-refractivity contribution in [3.05, 3.63) is 9.47 Å². The fraction of sp³-hybridized carbons (Fsp3) is 0.500. The summed E-state index contributed by atoms with van der Waals surface area (Å²) >= 11 is 6.67. The highest BCUT2D eigenvalue weighted by Crippen LogP contribution is 2.27. The van der Waals surface area contributed by atoms with Gasteiger partial charge in [0.2, 0.25) is 9.47 Å². The summed E-state index contributed by atoms with van der Waals surface area (Å²) in [5.41, 5.74) is -0.882. The van der Waals surface area contributed by atoms with Crippen molar-refractivity contribution in [1.82, 2.24) is 25.7 Å². The van der Waals surface area contributed by atoms with E-state index in [0.717, 1.165) is 11.3 Å². The molecule has 0 saturated carbocycles. The quantitative estimate of drug-likeness (QED) is 0.710. The van der Waals surface area contributed by atoms with Crippen LogP contribution in [0, 0.1) is 0 Å². The Bertz CT molecular complexity index is 595. The van der Waals surface area contributed by atoms with Crippen LogP contribution in [0.25, 0.3) is 0 Å².